The largest absolute Gasteiger partial charge is 0.383 e. The highest BCUT2D eigenvalue weighted by molar-refractivity contribution is 8.22. The third-order valence-corrected chi connectivity index (χ3v) is 6.16. The standard InChI is InChI=1S/C16H28N2O3S/c1-14(2)15-4-6-16(7-5-15)22(19,20)18-10-8-17(9-11-18)12-13-21-3/h4-7,14,19-20H,8-13H2,1-3H3. The third-order valence-electron chi connectivity index (χ3n) is 4.17. The fraction of sp³-hybridized carbons (Fsp3) is 0.625. The highest BCUT2D eigenvalue weighted by Crippen LogP contribution is 2.51. The van der Waals surface area contributed by atoms with Crippen molar-refractivity contribution in [1.29, 1.82) is 0 Å². The van der Waals surface area contributed by atoms with Crippen LogP contribution in [0.3, 0.4) is 0 Å². The van der Waals surface area contributed by atoms with E-state index in [9.17, 15) is 9.11 Å². The van der Waals surface area contributed by atoms with Crippen molar-refractivity contribution in [3.8, 4) is 0 Å². The number of rotatable bonds is 6. The molecule has 0 aromatic heterocycles. The van der Waals surface area contributed by atoms with Crippen LogP contribution in [0.15, 0.2) is 29.2 Å². The van der Waals surface area contributed by atoms with Crippen LogP contribution < -0.4 is 0 Å². The maximum atomic E-state index is 10.6. The summed E-state index contributed by atoms with van der Waals surface area (Å²) >= 11 is 0. The first-order valence-electron chi connectivity index (χ1n) is 7.79. The lowest BCUT2D eigenvalue weighted by atomic mass is 10.0. The molecule has 6 heteroatoms. The van der Waals surface area contributed by atoms with Gasteiger partial charge in [0.1, 0.15) is 0 Å². The van der Waals surface area contributed by atoms with Gasteiger partial charge in [-0.05, 0) is 23.6 Å². The first-order valence-corrected chi connectivity index (χ1v) is 9.30. The average molecular weight is 328 g/mol. The molecule has 1 fully saturated rings. The van der Waals surface area contributed by atoms with Gasteiger partial charge in [-0.25, -0.2) is 0 Å². The highest BCUT2D eigenvalue weighted by Gasteiger charge is 2.28. The third kappa shape index (κ3) is 4.22. The number of methoxy groups -OCH3 is 1. The summed E-state index contributed by atoms with van der Waals surface area (Å²) in [4.78, 5) is 2.90. The quantitative estimate of drug-likeness (QED) is 0.840. The van der Waals surface area contributed by atoms with Gasteiger partial charge in [0, 0.05) is 39.8 Å². The molecule has 1 aliphatic rings. The van der Waals surface area contributed by atoms with Crippen LogP contribution in [0.1, 0.15) is 25.3 Å². The van der Waals surface area contributed by atoms with E-state index < -0.39 is 10.8 Å². The van der Waals surface area contributed by atoms with Gasteiger partial charge in [-0.1, -0.05) is 26.0 Å². The Kier molecular flexibility index (Phi) is 6.26. The lowest BCUT2D eigenvalue weighted by molar-refractivity contribution is 0.120. The van der Waals surface area contributed by atoms with Crippen LogP contribution in [0.25, 0.3) is 0 Å². The predicted molar refractivity (Wildman–Crippen MR) is 91.5 cm³/mol. The molecule has 1 aromatic carbocycles. The van der Waals surface area contributed by atoms with Gasteiger partial charge in [0.05, 0.1) is 11.5 Å². The SMILES string of the molecule is COCCN1CCN(S(O)(O)c2ccc(C(C)C)cc2)CC1. The van der Waals surface area contributed by atoms with E-state index in [2.05, 4.69) is 18.7 Å². The second-order valence-corrected chi connectivity index (χ2v) is 8.03. The molecule has 1 saturated heterocycles. The molecule has 1 aromatic rings. The van der Waals surface area contributed by atoms with E-state index in [0.717, 1.165) is 19.6 Å². The van der Waals surface area contributed by atoms with Crippen molar-refractivity contribution in [3.63, 3.8) is 0 Å². The molecule has 0 unspecified atom stereocenters. The second-order valence-electron chi connectivity index (χ2n) is 6.01. The number of hydrogen-bond acceptors (Lipinski definition) is 5. The zero-order chi connectivity index (χ0) is 16.2. The fourth-order valence-electron chi connectivity index (χ4n) is 2.61. The van der Waals surface area contributed by atoms with E-state index in [4.69, 9.17) is 4.74 Å². The Bertz CT molecular complexity index is 457. The summed E-state index contributed by atoms with van der Waals surface area (Å²) in [6.07, 6.45) is 0. The fourth-order valence-corrected chi connectivity index (χ4v) is 4.08. The van der Waals surface area contributed by atoms with Crippen molar-refractivity contribution >= 4 is 10.8 Å². The Balaban J connectivity index is 1.98. The summed E-state index contributed by atoms with van der Waals surface area (Å²) in [6.45, 7) is 8.88. The summed E-state index contributed by atoms with van der Waals surface area (Å²) in [5.41, 5.74) is 1.21. The van der Waals surface area contributed by atoms with Crippen LogP contribution in [-0.4, -0.2) is 64.8 Å². The Hall–Kier alpha value is -0.630. The van der Waals surface area contributed by atoms with Crippen molar-refractivity contribution in [3.05, 3.63) is 29.8 Å². The zero-order valence-electron chi connectivity index (χ0n) is 13.7. The molecule has 1 aliphatic heterocycles. The van der Waals surface area contributed by atoms with Gasteiger partial charge in [0.25, 0.3) is 0 Å². The summed E-state index contributed by atoms with van der Waals surface area (Å²) in [6, 6.07) is 7.68. The van der Waals surface area contributed by atoms with Crippen molar-refractivity contribution in [2.45, 2.75) is 24.7 Å². The molecule has 0 amide bonds. The first-order chi connectivity index (χ1) is 10.4. The molecule has 22 heavy (non-hydrogen) atoms. The molecule has 2 N–H and O–H groups in total. The zero-order valence-corrected chi connectivity index (χ0v) is 14.6. The highest BCUT2D eigenvalue weighted by atomic mass is 32.3. The molecule has 0 atom stereocenters. The van der Waals surface area contributed by atoms with Crippen LogP contribution in [0.5, 0.6) is 0 Å². The predicted octanol–water partition coefficient (Wildman–Crippen LogP) is 3.10. The maximum Gasteiger partial charge on any atom is 0.0752 e. The van der Waals surface area contributed by atoms with Crippen LogP contribution >= 0.6 is 10.8 Å². The molecule has 0 saturated carbocycles. The van der Waals surface area contributed by atoms with Crippen molar-refractivity contribution in [2.75, 3.05) is 46.4 Å². The Morgan fingerprint density at radius 3 is 2.18 bits per heavy atom. The molecule has 1 heterocycles. The van der Waals surface area contributed by atoms with Crippen LogP contribution in [0.2, 0.25) is 0 Å². The second kappa shape index (κ2) is 7.77. The maximum absolute atomic E-state index is 10.6. The first kappa shape index (κ1) is 17.7. The summed E-state index contributed by atoms with van der Waals surface area (Å²) in [5.74, 6) is 0.445. The Morgan fingerprint density at radius 1 is 1.09 bits per heavy atom. The summed E-state index contributed by atoms with van der Waals surface area (Å²) < 4.78 is 28.1. The normalized spacial score (nSPS) is 18.8. The van der Waals surface area contributed by atoms with Crippen LogP contribution in [-0.2, 0) is 4.74 Å². The number of piperazine rings is 1. The minimum absolute atomic E-state index is 0.445. The minimum atomic E-state index is -2.87. The smallest absolute Gasteiger partial charge is 0.0752 e. The van der Waals surface area contributed by atoms with Gasteiger partial charge in [-0.2, -0.15) is 4.31 Å². The van der Waals surface area contributed by atoms with Gasteiger partial charge in [-0.15, -0.1) is 10.8 Å². The van der Waals surface area contributed by atoms with Crippen molar-refractivity contribution in [1.82, 2.24) is 9.21 Å². The Labute approximate surface area is 135 Å². The summed E-state index contributed by atoms with van der Waals surface area (Å²) in [7, 11) is -1.17. The average Bonchev–Trinajstić information content (AvgIpc) is 2.53. The molecular formula is C16H28N2O3S. The number of benzene rings is 1. The van der Waals surface area contributed by atoms with Gasteiger partial charge in [0.2, 0.25) is 0 Å². The lowest BCUT2D eigenvalue weighted by Crippen LogP contribution is -2.47. The number of ether oxygens (including phenoxy) is 1. The molecule has 0 aliphatic carbocycles. The summed E-state index contributed by atoms with van der Waals surface area (Å²) in [5, 5.41) is 0. The van der Waals surface area contributed by atoms with E-state index in [1.54, 1.807) is 11.4 Å². The van der Waals surface area contributed by atoms with Gasteiger partial charge in [-0.3, -0.25) is 14.0 Å². The van der Waals surface area contributed by atoms with Gasteiger partial charge < -0.3 is 4.74 Å². The van der Waals surface area contributed by atoms with Crippen LogP contribution in [0.4, 0.5) is 0 Å². The number of nitrogens with zero attached hydrogens (tertiary/aromatic N) is 2. The van der Waals surface area contributed by atoms with E-state index in [0.29, 0.717) is 30.5 Å². The van der Waals surface area contributed by atoms with E-state index in [-0.39, 0.29) is 0 Å². The molecule has 5 nitrogen and oxygen atoms in total. The Morgan fingerprint density at radius 2 is 1.68 bits per heavy atom. The molecule has 2 rings (SSSR count). The monoisotopic (exact) mass is 328 g/mol. The number of hydrogen-bond donors (Lipinski definition) is 2. The molecule has 0 radical (unpaired) electrons. The van der Waals surface area contributed by atoms with E-state index >= 15 is 0 Å². The topological polar surface area (TPSA) is 56.2 Å². The van der Waals surface area contributed by atoms with Gasteiger partial charge in [0.15, 0.2) is 0 Å². The lowest BCUT2D eigenvalue weighted by Gasteiger charge is -2.46. The van der Waals surface area contributed by atoms with E-state index in [1.165, 1.54) is 5.56 Å². The van der Waals surface area contributed by atoms with Crippen molar-refractivity contribution < 1.29 is 13.8 Å². The molecule has 0 bridgehead atoms. The van der Waals surface area contributed by atoms with E-state index in [1.807, 2.05) is 24.3 Å². The molecule has 0 spiro atoms. The molecule has 126 valence electrons. The van der Waals surface area contributed by atoms with Crippen molar-refractivity contribution in [2.24, 2.45) is 0 Å². The van der Waals surface area contributed by atoms with Crippen LogP contribution in [0, 0.1) is 0 Å². The minimum Gasteiger partial charge on any atom is -0.383 e. The van der Waals surface area contributed by atoms with Gasteiger partial charge >= 0.3 is 0 Å². The molecular weight excluding hydrogens is 300 g/mol.